The lowest BCUT2D eigenvalue weighted by Gasteiger charge is -2.40. The maximum atomic E-state index is 13.3. The van der Waals surface area contributed by atoms with Gasteiger partial charge in [-0.3, -0.25) is 9.69 Å². The fourth-order valence-corrected chi connectivity index (χ4v) is 8.38. The Balaban J connectivity index is 1.27. The molecule has 5 rings (SSSR count). The van der Waals surface area contributed by atoms with Gasteiger partial charge in [-0.15, -0.1) is 21.5 Å². The van der Waals surface area contributed by atoms with Crippen molar-refractivity contribution >= 4 is 17.2 Å². The van der Waals surface area contributed by atoms with Gasteiger partial charge in [0.25, 0.3) is 0 Å². The Morgan fingerprint density at radius 2 is 1.72 bits per heavy atom. The van der Waals surface area contributed by atoms with Gasteiger partial charge in [0, 0.05) is 46.3 Å². The van der Waals surface area contributed by atoms with Crippen LogP contribution in [0.25, 0.3) is 0 Å². The minimum Gasteiger partial charge on any atom is -0.348 e. The third kappa shape index (κ3) is 5.28. The van der Waals surface area contributed by atoms with E-state index in [1.807, 2.05) is 11.3 Å². The number of nitrogens with one attached hydrogen (secondary N) is 1. The summed E-state index contributed by atoms with van der Waals surface area (Å²) >= 11 is 1.87. The van der Waals surface area contributed by atoms with Crippen molar-refractivity contribution in [1.82, 2.24) is 25.0 Å². The number of aryl methyl sites for hydroxylation is 3. The fourth-order valence-electron chi connectivity index (χ4n) is 7.26. The molecule has 4 atom stereocenters. The summed E-state index contributed by atoms with van der Waals surface area (Å²) in [6, 6.07) is 4.16. The van der Waals surface area contributed by atoms with Gasteiger partial charge in [-0.25, -0.2) is 0 Å². The molecule has 2 bridgehead atoms. The monoisotopic (exact) mass is 511 g/mol. The van der Waals surface area contributed by atoms with Crippen molar-refractivity contribution in [1.29, 1.82) is 0 Å². The molecular formula is C29H45N5OS. The first-order valence-corrected chi connectivity index (χ1v) is 15.2. The zero-order chi connectivity index (χ0) is 25.4. The number of thiophene rings is 1. The highest BCUT2D eigenvalue weighted by Gasteiger charge is 2.42. The van der Waals surface area contributed by atoms with Gasteiger partial charge in [0.05, 0.1) is 6.04 Å². The molecule has 1 aliphatic carbocycles. The largest absolute Gasteiger partial charge is 0.348 e. The Labute approximate surface area is 221 Å². The molecule has 0 spiro atoms. The normalized spacial score (nSPS) is 26.0. The molecule has 6 nitrogen and oxygen atoms in total. The van der Waals surface area contributed by atoms with E-state index in [0.29, 0.717) is 24.0 Å². The Morgan fingerprint density at radius 3 is 2.33 bits per heavy atom. The van der Waals surface area contributed by atoms with Crippen LogP contribution in [0.1, 0.15) is 123 Å². The number of hydrogen-bond donors (Lipinski definition) is 1. The molecule has 0 unspecified atom stereocenters. The second-order valence-electron chi connectivity index (χ2n) is 12.0. The van der Waals surface area contributed by atoms with Gasteiger partial charge >= 0.3 is 0 Å². The summed E-state index contributed by atoms with van der Waals surface area (Å²) in [4.78, 5) is 18.7. The van der Waals surface area contributed by atoms with Gasteiger partial charge in [0.15, 0.2) is 0 Å². The number of fused-ring (bicyclic) bond motifs is 2. The summed E-state index contributed by atoms with van der Waals surface area (Å²) in [5, 5.41) is 12.5. The van der Waals surface area contributed by atoms with Crippen molar-refractivity contribution in [3.8, 4) is 0 Å². The Morgan fingerprint density at radius 1 is 1.03 bits per heavy atom. The third-order valence-electron chi connectivity index (χ3n) is 9.00. The summed E-state index contributed by atoms with van der Waals surface area (Å²) in [6.45, 7) is 12.0. The van der Waals surface area contributed by atoms with E-state index in [1.165, 1.54) is 60.3 Å². The van der Waals surface area contributed by atoms with Crippen molar-refractivity contribution in [2.75, 3.05) is 6.54 Å². The average Bonchev–Trinajstić information content (AvgIpc) is 3.48. The SMILES string of the molecule is Cc1cc(C)c([C@H](CCN2[C@@H]3CC[C@H]2C[C@H](n2c(C)nnc2C(C)C)C3)NC(=O)C2CCCCC2)s1. The summed E-state index contributed by atoms with van der Waals surface area (Å²) in [5.74, 6) is 3.09. The van der Waals surface area contributed by atoms with Gasteiger partial charge < -0.3 is 9.88 Å². The summed E-state index contributed by atoms with van der Waals surface area (Å²) in [5.41, 5.74) is 1.33. The molecule has 1 N–H and O–H groups in total. The molecule has 3 aliphatic rings. The first-order chi connectivity index (χ1) is 17.3. The minimum atomic E-state index is 0.128. The maximum Gasteiger partial charge on any atom is 0.223 e. The van der Waals surface area contributed by atoms with Crippen LogP contribution in [-0.2, 0) is 4.79 Å². The summed E-state index contributed by atoms with van der Waals surface area (Å²) < 4.78 is 2.44. The van der Waals surface area contributed by atoms with Gasteiger partial charge in [0.2, 0.25) is 5.91 Å². The van der Waals surface area contributed by atoms with Crippen LogP contribution >= 0.6 is 11.3 Å². The van der Waals surface area contributed by atoms with Gasteiger partial charge in [0.1, 0.15) is 11.6 Å². The smallest absolute Gasteiger partial charge is 0.223 e. The second-order valence-corrected chi connectivity index (χ2v) is 13.3. The first-order valence-electron chi connectivity index (χ1n) is 14.4. The van der Waals surface area contributed by atoms with Gasteiger partial charge in [-0.2, -0.15) is 0 Å². The molecule has 1 amide bonds. The molecule has 1 saturated carbocycles. The average molecular weight is 512 g/mol. The van der Waals surface area contributed by atoms with E-state index in [4.69, 9.17) is 0 Å². The number of rotatable bonds is 8. The van der Waals surface area contributed by atoms with E-state index in [2.05, 4.69) is 65.7 Å². The predicted molar refractivity (Wildman–Crippen MR) is 147 cm³/mol. The lowest BCUT2D eigenvalue weighted by atomic mass is 9.88. The predicted octanol–water partition coefficient (Wildman–Crippen LogP) is 6.38. The van der Waals surface area contributed by atoms with E-state index >= 15 is 0 Å². The van der Waals surface area contributed by atoms with Gasteiger partial charge in [-0.05, 0) is 77.3 Å². The van der Waals surface area contributed by atoms with E-state index in [-0.39, 0.29) is 17.9 Å². The van der Waals surface area contributed by atoms with Crippen LogP contribution in [0.3, 0.4) is 0 Å². The molecule has 36 heavy (non-hydrogen) atoms. The van der Waals surface area contributed by atoms with Crippen LogP contribution in [0.2, 0.25) is 0 Å². The fraction of sp³-hybridized carbons (Fsp3) is 0.759. The van der Waals surface area contributed by atoms with Crippen molar-refractivity contribution in [2.24, 2.45) is 5.92 Å². The molecule has 0 radical (unpaired) electrons. The van der Waals surface area contributed by atoms with Crippen LogP contribution in [0.4, 0.5) is 0 Å². The first kappa shape index (κ1) is 25.9. The molecule has 2 aliphatic heterocycles. The molecule has 2 aromatic rings. The zero-order valence-corrected chi connectivity index (χ0v) is 23.7. The second kappa shape index (κ2) is 10.9. The van der Waals surface area contributed by atoms with Crippen molar-refractivity contribution in [2.45, 2.75) is 129 Å². The number of amides is 1. The highest BCUT2D eigenvalue weighted by atomic mass is 32.1. The van der Waals surface area contributed by atoms with E-state index < -0.39 is 0 Å². The molecule has 4 heterocycles. The van der Waals surface area contributed by atoms with Crippen molar-refractivity contribution in [3.05, 3.63) is 33.0 Å². The summed E-state index contributed by atoms with van der Waals surface area (Å²) in [6.07, 6.45) is 11.7. The van der Waals surface area contributed by atoms with E-state index in [9.17, 15) is 4.79 Å². The molecule has 7 heteroatoms. The van der Waals surface area contributed by atoms with E-state index in [0.717, 1.165) is 37.5 Å². The van der Waals surface area contributed by atoms with Crippen LogP contribution in [-0.4, -0.2) is 44.2 Å². The van der Waals surface area contributed by atoms with Crippen LogP contribution < -0.4 is 5.32 Å². The molecule has 3 fully saturated rings. The highest BCUT2D eigenvalue weighted by molar-refractivity contribution is 7.12. The van der Waals surface area contributed by atoms with Crippen molar-refractivity contribution in [3.63, 3.8) is 0 Å². The van der Waals surface area contributed by atoms with Gasteiger partial charge in [-0.1, -0.05) is 33.1 Å². The molecular weight excluding hydrogens is 466 g/mol. The number of piperidine rings is 1. The maximum absolute atomic E-state index is 13.3. The highest BCUT2D eigenvalue weighted by Crippen LogP contribution is 2.43. The van der Waals surface area contributed by atoms with Crippen LogP contribution in [0, 0.1) is 26.7 Å². The molecule has 2 aromatic heterocycles. The number of carbonyl (C=O) groups excluding carboxylic acids is 1. The Hall–Kier alpha value is -1.73. The number of aromatic nitrogens is 3. The van der Waals surface area contributed by atoms with Crippen molar-refractivity contribution < 1.29 is 4.79 Å². The standard InChI is InChI=1S/C29H45N5OS/c1-18(2)28-32-31-21(5)34(28)25-16-23-11-12-24(17-25)33(23)14-13-26(27-19(3)15-20(4)36-27)30-29(35)22-9-7-6-8-10-22/h15,18,22-26H,6-14,16-17H2,1-5H3,(H,30,35)/t23-,24+,25-,26-/m0/s1. The Kier molecular flexibility index (Phi) is 7.87. The molecule has 2 saturated heterocycles. The zero-order valence-electron chi connectivity index (χ0n) is 22.9. The topological polar surface area (TPSA) is 63.1 Å². The number of carbonyl (C=O) groups is 1. The molecule has 0 aromatic carbocycles. The summed E-state index contributed by atoms with van der Waals surface area (Å²) in [7, 11) is 0. The van der Waals surface area contributed by atoms with E-state index in [1.54, 1.807) is 0 Å². The van der Waals surface area contributed by atoms with Crippen LogP contribution in [0.15, 0.2) is 6.07 Å². The lowest BCUT2D eigenvalue weighted by Crippen LogP contribution is -2.45. The van der Waals surface area contributed by atoms with Crippen LogP contribution in [0.5, 0.6) is 0 Å². The Bertz CT molecular complexity index is 1040. The number of hydrogen-bond acceptors (Lipinski definition) is 5. The minimum absolute atomic E-state index is 0.128. The number of nitrogens with zero attached hydrogens (tertiary/aromatic N) is 4. The third-order valence-corrected chi connectivity index (χ3v) is 10.3. The molecule has 198 valence electrons. The lowest BCUT2D eigenvalue weighted by molar-refractivity contribution is -0.126. The quantitative estimate of drug-likeness (QED) is 0.446.